The van der Waals surface area contributed by atoms with E-state index in [1.165, 1.54) is 0 Å². The van der Waals surface area contributed by atoms with Crippen molar-refractivity contribution in [3.05, 3.63) is 70.9 Å². The smallest absolute Gasteiger partial charge is 0.255 e. The van der Waals surface area contributed by atoms with E-state index >= 15 is 0 Å². The summed E-state index contributed by atoms with van der Waals surface area (Å²) in [6.45, 7) is 2.18. The largest absolute Gasteiger partial charge is 0.467 e. The molecule has 5 nitrogen and oxygen atoms in total. The standard InChI is InChI=1S/C16H14ClN3O2/c1-11-15(16(21)18-9-14-6-3-7-22-14)10-19-20(11)13-5-2-4-12(17)8-13/h2-8,10H,9H2,1H3,(H,18,21). The lowest BCUT2D eigenvalue weighted by atomic mass is 10.2. The molecule has 1 N–H and O–H groups in total. The first-order valence-corrected chi connectivity index (χ1v) is 7.14. The molecule has 0 saturated heterocycles. The Balaban J connectivity index is 1.79. The summed E-state index contributed by atoms with van der Waals surface area (Å²) >= 11 is 5.99. The van der Waals surface area contributed by atoms with Crippen molar-refractivity contribution in [1.29, 1.82) is 0 Å². The van der Waals surface area contributed by atoms with Crippen LogP contribution in [0.2, 0.25) is 5.02 Å². The van der Waals surface area contributed by atoms with Gasteiger partial charge in [-0.15, -0.1) is 0 Å². The maximum Gasteiger partial charge on any atom is 0.255 e. The van der Waals surface area contributed by atoms with Gasteiger partial charge >= 0.3 is 0 Å². The fourth-order valence-electron chi connectivity index (χ4n) is 2.18. The van der Waals surface area contributed by atoms with Crippen LogP contribution in [0, 0.1) is 6.92 Å². The third-order valence-corrected chi connectivity index (χ3v) is 3.55. The molecule has 112 valence electrons. The van der Waals surface area contributed by atoms with Gasteiger partial charge in [0, 0.05) is 5.02 Å². The van der Waals surface area contributed by atoms with Crippen molar-refractivity contribution in [3.8, 4) is 5.69 Å². The molecule has 0 aliphatic heterocycles. The highest BCUT2D eigenvalue weighted by Gasteiger charge is 2.15. The van der Waals surface area contributed by atoms with Gasteiger partial charge in [-0.25, -0.2) is 4.68 Å². The number of amides is 1. The first-order chi connectivity index (χ1) is 10.6. The average molecular weight is 316 g/mol. The third-order valence-electron chi connectivity index (χ3n) is 3.31. The number of rotatable bonds is 4. The van der Waals surface area contributed by atoms with Crippen LogP contribution in [0.5, 0.6) is 0 Å². The lowest BCUT2D eigenvalue weighted by molar-refractivity contribution is 0.0947. The monoisotopic (exact) mass is 315 g/mol. The first kappa shape index (κ1) is 14.4. The molecule has 3 aromatic rings. The Labute approximate surface area is 132 Å². The van der Waals surface area contributed by atoms with Crippen molar-refractivity contribution in [2.45, 2.75) is 13.5 Å². The predicted molar refractivity (Wildman–Crippen MR) is 83.2 cm³/mol. The Kier molecular flexibility index (Phi) is 3.98. The Hall–Kier alpha value is -2.53. The zero-order valence-electron chi connectivity index (χ0n) is 11.9. The number of halogens is 1. The molecule has 22 heavy (non-hydrogen) atoms. The maximum atomic E-state index is 12.2. The molecule has 0 atom stereocenters. The van der Waals surface area contributed by atoms with Gasteiger partial charge in [-0.1, -0.05) is 17.7 Å². The fourth-order valence-corrected chi connectivity index (χ4v) is 2.36. The van der Waals surface area contributed by atoms with E-state index in [0.29, 0.717) is 22.9 Å². The van der Waals surface area contributed by atoms with Gasteiger partial charge in [-0.05, 0) is 37.3 Å². The van der Waals surface area contributed by atoms with Gasteiger partial charge in [0.25, 0.3) is 5.91 Å². The second kappa shape index (κ2) is 6.07. The highest BCUT2D eigenvalue weighted by molar-refractivity contribution is 6.30. The minimum absolute atomic E-state index is 0.192. The van der Waals surface area contributed by atoms with Gasteiger partial charge in [-0.3, -0.25) is 4.79 Å². The third kappa shape index (κ3) is 2.89. The van der Waals surface area contributed by atoms with E-state index < -0.39 is 0 Å². The molecule has 3 rings (SSSR count). The number of hydrogen-bond donors (Lipinski definition) is 1. The molecule has 2 aromatic heterocycles. The van der Waals surface area contributed by atoms with Crippen LogP contribution in [0.1, 0.15) is 21.8 Å². The molecular formula is C16H14ClN3O2. The summed E-state index contributed by atoms with van der Waals surface area (Å²) in [5.74, 6) is 0.510. The fraction of sp³-hybridized carbons (Fsp3) is 0.125. The SMILES string of the molecule is Cc1c(C(=O)NCc2ccco2)cnn1-c1cccc(Cl)c1. The van der Waals surface area contributed by atoms with Crippen LogP contribution >= 0.6 is 11.6 Å². The lowest BCUT2D eigenvalue weighted by Crippen LogP contribution is -2.23. The van der Waals surface area contributed by atoms with Crippen molar-refractivity contribution >= 4 is 17.5 Å². The van der Waals surface area contributed by atoms with E-state index in [0.717, 1.165) is 11.4 Å². The van der Waals surface area contributed by atoms with Gasteiger partial charge < -0.3 is 9.73 Å². The number of hydrogen-bond acceptors (Lipinski definition) is 3. The molecule has 6 heteroatoms. The molecule has 1 aromatic carbocycles. The summed E-state index contributed by atoms with van der Waals surface area (Å²) in [4.78, 5) is 12.2. The topological polar surface area (TPSA) is 60.1 Å². The summed E-state index contributed by atoms with van der Waals surface area (Å²) in [6.07, 6.45) is 3.12. The molecule has 1 amide bonds. The molecule has 0 saturated carbocycles. The highest BCUT2D eigenvalue weighted by Crippen LogP contribution is 2.18. The van der Waals surface area contributed by atoms with E-state index in [1.807, 2.05) is 25.1 Å². The van der Waals surface area contributed by atoms with Crippen LogP contribution in [-0.4, -0.2) is 15.7 Å². The molecule has 0 fully saturated rings. The van der Waals surface area contributed by atoms with E-state index in [-0.39, 0.29) is 5.91 Å². The molecule has 0 radical (unpaired) electrons. The Morgan fingerprint density at radius 2 is 2.23 bits per heavy atom. The second-order valence-electron chi connectivity index (χ2n) is 4.80. The quantitative estimate of drug-likeness (QED) is 0.803. The minimum atomic E-state index is -0.192. The molecular weight excluding hydrogens is 302 g/mol. The van der Waals surface area contributed by atoms with Crippen molar-refractivity contribution in [2.75, 3.05) is 0 Å². The van der Waals surface area contributed by atoms with Gasteiger partial charge in [0.15, 0.2) is 0 Å². The van der Waals surface area contributed by atoms with Crippen LogP contribution in [0.15, 0.2) is 53.3 Å². The number of carbonyl (C=O) groups excluding carboxylic acids is 1. The number of nitrogens with zero attached hydrogens (tertiary/aromatic N) is 2. The van der Waals surface area contributed by atoms with Gasteiger partial charge in [0.05, 0.1) is 35.9 Å². The maximum absolute atomic E-state index is 12.2. The van der Waals surface area contributed by atoms with E-state index in [1.54, 1.807) is 35.3 Å². The Morgan fingerprint density at radius 3 is 2.95 bits per heavy atom. The molecule has 0 aliphatic carbocycles. The molecule has 2 heterocycles. The number of nitrogens with one attached hydrogen (secondary N) is 1. The number of furan rings is 1. The zero-order valence-corrected chi connectivity index (χ0v) is 12.7. The molecule has 0 spiro atoms. The summed E-state index contributed by atoms with van der Waals surface area (Å²) < 4.78 is 6.88. The normalized spacial score (nSPS) is 10.6. The molecule has 0 aliphatic rings. The van der Waals surface area contributed by atoms with Gasteiger partial charge in [0.1, 0.15) is 5.76 Å². The summed E-state index contributed by atoms with van der Waals surface area (Å²) in [5.41, 5.74) is 2.08. The lowest BCUT2D eigenvalue weighted by Gasteiger charge is -2.06. The van der Waals surface area contributed by atoms with Crippen LogP contribution in [0.3, 0.4) is 0 Å². The predicted octanol–water partition coefficient (Wildman–Crippen LogP) is 3.36. The number of aromatic nitrogens is 2. The first-order valence-electron chi connectivity index (χ1n) is 6.76. The molecule has 0 unspecified atom stereocenters. The van der Waals surface area contributed by atoms with Crippen LogP contribution in [-0.2, 0) is 6.54 Å². The summed E-state index contributed by atoms with van der Waals surface area (Å²) in [6, 6.07) is 10.9. The van der Waals surface area contributed by atoms with Crippen LogP contribution in [0.4, 0.5) is 0 Å². The highest BCUT2D eigenvalue weighted by atomic mass is 35.5. The molecule has 0 bridgehead atoms. The zero-order chi connectivity index (χ0) is 15.5. The summed E-state index contributed by atoms with van der Waals surface area (Å²) in [7, 11) is 0. The van der Waals surface area contributed by atoms with Crippen LogP contribution < -0.4 is 5.32 Å². The van der Waals surface area contributed by atoms with Crippen LogP contribution in [0.25, 0.3) is 5.69 Å². The van der Waals surface area contributed by atoms with Crippen molar-refractivity contribution in [2.24, 2.45) is 0 Å². The second-order valence-corrected chi connectivity index (χ2v) is 5.23. The number of benzene rings is 1. The Bertz CT molecular complexity index is 794. The van der Waals surface area contributed by atoms with Gasteiger partial charge in [-0.2, -0.15) is 5.10 Å². The van der Waals surface area contributed by atoms with Crippen molar-refractivity contribution in [3.63, 3.8) is 0 Å². The van der Waals surface area contributed by atoms with Crippen molar-refractivity contribution in [1.82, 2.24) is 15.1 Å². The van der Waals surface area contributed by atoms with E-state index in [4.69, 9.17) is 16.0 Å². The minimum Gasteiger partial charge on any atom is -0.467 e. The summed E-state index contributed by atoms with van der Waals surface area (Å²) in [5, 5.41) is 7.69. The number of carbonyl (C=O) groups is 1. The van der Waals surface area contributed by atoms with Crippen molar-refractivity contribution < 1.29 is 9.21 Å². The van der Waals surface area contributed by atoms with E-state index in [9.17, 15) is 4.79 Å². The Morgan fingerprint density at radius 1 is 1.36 bits per heavy atom. The average Bonchev–Trinajstić information content (AvgIpc) is 3.14. The van der Waals surface area contributed by atoms with Gasteiger partial charge in [0.2, 0.25) is 0 Å². The van der Waals surface area contributed by atoms with E-state index in [2.05, 4.69) is 10.4 Å².